The average molecular weight is 397 g/mol. The molecule has 2 aliphatic rings. The second-order valence-electron chi connectivity index (χ2n) is 8.01. The second kappa shape index (κ2) is 7.02. The molecule has 0 spiro atoms. The number of aromatic nitrogens is 1. The lowest BCUT2D eigenvalue weighted by atomic mass is 9.88. The molecule has 1 amide bonds. The van der Waals surface area contributed by atoms with Crippen molar-refractivity contribution in [2.45, 2.75) is 51.9 Å². The number of thiophene rings is 1. The molecule has 2 aromatic heterocycles. The molecular weight excluding hydrogens is 372 g/mol. The molecule has 1 atom stereocenters. The topological polar surface area (TPSA) is 42.0 Å². The molecule has 5 rings (SSSR count). The Morgan fingerprint density at radius 3 is 2.78 bits per heavy atom. The third kappa shape index (κ3) is 3.21. The first-order valence-corrected chi connectivity index (χ1v) is 11.6. The monoisotopic (exact) mass is 396 g/mol. The summed E-state index contributed by atoms with van der Waals surface area (Å²) in [5.41, 5.74) is 3.68. The van der Waals surface area contributed by atoms with Crippen molar-refractivity contribution < 1.29 is 4.79 Å². The van der Waals surface area contributed by atoms with Gasteiger partial charge in [-0.25, -0.2) is 4.98 Å². The van der Waals surface area contributed by atoms with Gasteiger partial charge in [-0.2, -0.15) is 0 Å². The number of carbonyl (C=O) groups is 1. The molecule has 0 radical (unpaired) electrons. The first-order chi connectivity index (χ1) is 13.2. The zero-order valence-electron chi connectivity index (χ0n) is 15.6. The fraction of sp³-hybridized carbons (Fsp3) is 0.455. The second-order valence-corrected chi connectivity index (χ2v) is 10.1. The number of carbonyl (C=O) groups excluding carboxylic acids is 1. The van der Waals surface area contributed by atoms with E-state index in [2.05, 4.69) is 30.4 Å². The third-order valence-electron chi connectivity index (χ3n) is 5.98. The zero-order chi connectivity index (χ0) is 18.4. The first-order valence-electron chi connectivity index (χ1n) is 10.0. The number of rotatable bonds is 3. The average Bonchev–Trinajstić information content (AvgIpc) is 3.38. The Hall–Kier alpha value is -1.72. The van der Waals surface area contributed by atoms with Crippen LogP contribution in [0.25, 0.3) is 20.8 Å². The minimum atomic E-state index is 0.186. The smallest absolute Gasteiger partial charge is 0.228 e. The molecule has 27 heavy (non-hydrogen) atoms. The van der Waals surface area contributed by atoms with Crippen LogP contribution < -0.4 is 5.32 Å². The number of benzene rings is 1. The number of thiazole rings is 1. The van der Waals surface area contributed by atoms with Crippen molar-refractivity contribution in [3.63, 3.8) is 0 Å². The molecule has 1 aromatic carbocycles. The van der Waals surface area contributed by atoms with Crippen LogP contribution in [0.4, 0.5) is 5.00 Å². The van der Waals surface area contributed by atoms with Crippen LogP contribution in [-0.4, -0.2) is 10.9 Å². The Labute approximate surface area is 167 Å². The lowest BCUT2D eigenvalue weighted by molar-refractivity contribution is -0.119. The van der Waals surface area contributed by atoms with Gasteiger partial charge < -0.3 is 5.32 Å². The molecule has 5 heteroatoms. The minimum absolute atomic E-state index is 0.186. The highest BCUT2D eigenvalue weighted by atomic mass is 32.1. The summed E-state index contributed by atoms with van der Waals surface area (Å²) in [6.07, 6.45) is 7.86. The molecule has 1 saturated carbocycles. The van der Waals surface area contributed by atoms with Crippen LogP contribution in [0.1, 0.15) is 49.5 Å². The van der Waals surface area contributed by atoms with Gasteiger partial charge in [0, 0.05) is 16.4 Å². The van der Waals surface area contributed by atoms with Crippen molar-refractivity contribution in [3.05, 3.63) is 34.7 Å². The highest BCUT2D eigenvalue weighted by Crippen LogP contribution is 2.47. The Morgan fingerprint density at radius 1 is 1.15 bits per heavy atom. The van der Waals surface area contributed by atoms with Gasteiger partial charge >= 0.3 is 0 Å². The van der Waals surface area contributed by atoms with Gasteiger partial charge in [-0.3, -0.25) is 4.79 Å². The van der Waals surface area contributed by atoms with E-state index in [4.69, 9.17) is 4.98 Å². The van der Waals surface area contributed by atoms with Gasteiger partial charge in [0.2, 0.25) is 5.91 Å². The summed E-state index contributed by atoms with van der Waals surface area (Å²) in [6.45, 7) is 2.33. The van der Waals surface area contributed by atoms with Crippen LogP contribution in [-0.2, 0) is 17.6 Å². The molecule has 3 nitrogen and oxygen atoms in total. The molecule has 1 fully saturated rings. The van der Waals surface area contributed by atoms with Crippen LogP contribution in [0.5, 0.6) is 0 Å². The Kier molecular flexibility index (Phi) is 4.52. The number of hydrogen-bond donors (Lipinski definition) is 1. The van der Waals surface area contributed by atoms with Crippen LogP contribution in [0.3, 0.4) is 0 Å². The quantitative estimate of drug-likeness (QED) is 0.566. The number of hydrogen-bond acceptors (Lipinski definition) is 4. The lowest BCUT2D eigenvalue weighted by Gasteiger charge is -2.18. The van der Waals surface area contributed by atoms with E-state index in [-0.39, 0.29) is 11.8 Å². The van der Waals surface area contributed by atoms with E-state index in [0.717, 1.165) is 47.1 Å². The van der Waals surface area contributed by atoms with E-state index < -0.39 is 0 Å². The molecule has 3 aromatic rings. The molecular formula is C22H24N2OS2. The number of nitrogens with zero attached hydrogens (tertiary/aromatic N) is 1. The highest BCUT2D eigenvalue weighted by Gasteiger charge is 2.29. The fourth-order valence-corrected chi connectivity index (χ4v) is 6.97. The summed E-state index contributed by atoms with van der Waals surface area (Å²) in [4.78, 5) is 19.2. The molecule has 1 N–H and O–H groups in total. The van der Waals surface area contributed by atoms with Gasteiger partial charge in [0.25, 0.3) is 0 Å². The summed E-state index contributed by atoms with van der Waals surface area (Å²) in [5.74, 6) is 1.12. The Balaban J connectivity index is 1.58. The molecule has 140 valence electrons. The Bertz CT molecular complexity index is 964. The predicted octanol–water partition coefficient (Wildman–Crippen LogP) is 6.28. The van der Waals surface area contributed by atoms with Crippen LogP contribution in [0.15, 0.2) is 24.3 Å². The van der Waals surface area contributed by atoms with Crippen molar-refractivity contribution >= 4 is 43.8 Å². The number of anilines is 1. The summed E-state index contributed by atoms with van der Waals surface area (Å²) < 4.78 is 1.21. The number of para-hydroxylation sites is 1. The molecule has 0 saturated heterocycles. The van der Waals surface area contributed by atoms with E-state index in [0.29, 0.717) is 0 Å². The largest absolute Gasteiger partial charge is 0.317 e. The van der Waals surface area contributed by atoms with Crippen molar-refractivity contribution in [2.75, 3.05) is 5.32 Å². The normalized spacial score (nSPS) is 20.1. The van der Waals surface area contributed by atoms with Gasteiger partial charge in [-0.05, 0) is 55.7 Å². The summed E-state index contributed by atoms with van der Waals surface area (Å²) >= 11 is 3.54. The number of nitrogens with one attached hydrogen (secondary N) is 1. The SMILES string of the molecule is CC1CCc2c(sc(NC(=O)C3CCCC3)c2-c2nc3ccccc3s2)C1. The van der Waals surface area contributed by atoms with Crippen molar-refractivity contribution in [3.8, 4) is 10.6 Å². The van der Waals surface area contributed by atoms with E-state index in [9.17, 15) is 4.79 Å². The van der Waals surface area contributed by atoms with Crippen LogP contribution in [0, 0.1) is 11.8 Å². The summed E-state index contributed by atoms with van der Waals surface area (Å²) in [6, 6.07) is 8.32. The van der Waals surface area contributed by atoms with E-state index in [1.165, 1.54) is 40.0 Å². The maximum absolute atomic E-state index is 12.8. The van der Waals surface area contributed by atoms with Gasteiger partial charge in [-0.1, -0.05) is 31.9 Å². The maximum Gasteiger partial charge on any atom is 0.228 e. The summed E-state index contributed by atoms with van der Waals surface area (Å²) in [7, 11) is 0. The Morgan fingerprint density at radius 2 is 1.96 bits per heavy atom. The molecule has 2 aliphatic carbocycles. The number of fused-ring (bicyclic) bond motifs is 2. The van der Waals surface area contributed by atoms with Gasteiger partial charge in [0.1, 0.15) is 10.0 Å². The summed E-state index contributed by atoms with van der Waals surface area (Å²) in [5, 5.41) is 5.41. The lowest BCUT2D eigenvalue weighted by Crippen LogP contribution is -2.20. The van der Waals surface area contributed by atoms with Gasteiger partial charge in [-0.15, -0.1) is 22.7 Å². The predicted molar refractivity (Wildman–Crippen MR) is 115 cm³/mol. The molecule has 0 aliphatic heterocycles. The standard InChI is InChI=1S/C22H24N2OS2/c1-13-10-11-15-18(12-13)27-22(24-20(25)14-6-2-3-7-14)19(15)21-23-16-8-4-5-9-17(16)26-21/h4-5,8-9,13-14H,2-3,6-7,10-12H2,1H3,(H,24,25). The fourth-order valence-electron chi connectivity index (χ4n) is 4.45. The highest BCUT2D eigenvalue weighted by molar-refractivity contribution is 7.22. The van der Waals surface area contributed by atoms with Crippen LogP contribution in [0.2, 0.25) is 0 Å². The number of amides is 1. The van der Waals surface area contributed by atoms with Gasteiger partial charge in [0.15, 0.2) is 0 Å². The maximum atomic E-state index is 12.8. The van der Waals surface area contributed by atoms with Crippen molar-refractivity contribution in [1.29, 1.82) is 0 Å². The zero-order valence-corrected chi connectivity index (χ0v) is 17.2. The van der Waals surface area contributed by atoms with Crippen LogP contribution >= 0.6 is 22.7 Å². The minimum Gasteiger partial charge on any atom is -0.317 e. The van der Waals surface area contributed by atoms with Crippen molar-refractivity contribution in [1.82, 2.24) is 4.98 Å². The van der Waals surface area contributed by atoms with E-state index in [1.54, 1.807) is 22.7 Å². The molecule has 2 heterocycles. The molecule has 1 unspecified atom stereocenters. The van der Waals surface area contributed by atoms with Gasteiger partial charge in [0.05, 0.1) is 10.2 Å². The molecule has 0 bridgehead atoms. The van der Waals surface area contributed by atoms with E-state index in [1.807, 2.05) is 6.07 Å². The van der Waals surface area contributed by atoms with E-state index >= 15 is 0 Å². The van der Waals surface area contributed by atoms with Crippen molar-refractivity contribution in [2.24, 2.45) is 11.8 Å². The third-order valence-corrected chi connectivity index (χ3v) is 8.21. The first kappa shape index (κ1) is 17.4.